The van der Waals surface area contributed by atoms with E-state index in [2.05, 4.69) is 36.1 Å². The predicted molar refractivity (Wildman–Crippen MR) is 137 cm³/mol. The fourth-order valence-corrected chi connectivity index (χ4v) is 4.45. The van der Waals surface area contributed by atoms with Gasteiger partial charge in [-0.05, 0) is 73.7 Å². The molecular formula is C25H23ClF3N9O2. The van der Waals surface area contributed by atoms with Crippen LogP contribution in [0.4, 0.5) is 18.9 Å². The van der Waals surface area contributed by atoms with Crippen LogP contribution in [0.5, 0.6) is 0 Å². The molecule has 0 atom stereocenters. The van der Waals surface area contributed by atoms with Crippen LogP contribution in [0.15, 0.2) is 36.5 Å². The minimum atomic E-state index is -4.76. The number of hydrogen-bond donors (Lipinski definition) is 2. The molecule has 0 saturated heterocycles. The van der Waals surface area contributed by atoms with Crippen LogP contribution in [0.2, 0.25) is 5.02 Å². The first kappa shape index (κ1) is 27.2. The average molecular weight is 574 g/mol. The molecule has 15 heteroatoms. The predicted octanol–water partition coefficient (Wildman–Crippen LogP) is 4.13. The van der Waals surface area contributed by atoms with E-state index < -0.39 is 17.9 Å². The molecule has 0 radical (unpaired) electrons. The second-order valence-corrected chi connectivity index (χ2v) is 9.85. The molecule has 1 saturated carbocycles. The summed E-state index contributed by atoms with van der Waals surface area (Å²) < 4.78 is 40.1. The van der Waals surface area contributed by atoms with Gasteiger partial charge in [0.2, 0.25) is 0 Å². The molecular weight excluding hydrogens is 551 g/mol. The van der Waals surface area contributed by atoms with E-state index in [1.54, 1.807) is 32.0 Å². The van der Waals surface area contributed by atoms with Crippen molar-refractivity contribution in [3.63, 3.8) is 0 Å². The summed E-state index contributed by atoms with van der Waals surface area (Å²) in [4.78, 5) is 31.8. The molecule has 40 heavy (non-hydrogen) atoms. The summed E-state index contributed by atoms with van der Waals surface area (Å²) in [6, 6.07) is 8.04. The molecule has 4 aromatic rings. The van der Waals surface area contributed by atoms with Crippen LogP contribution in [-0.4, -0.2) is 52.8 Å². The molecule has 11 nitrogen and oxygen atoms in total. The highest BCUT2D eigenvalue weighted by Gasteiger charge is 2.37. The third-order valence-electron chi connectivity index (χ3n) is 6.41. The summed E-state index contributed by atoms with van der Waals surface area (Å²) in [5, 5.41) is 20.3. The van der Waals surface area contributed by atoms with E-state index in [1.807, 2.05) is 0 Å². The molecule has 3 aromatic heterocycles. The standard InChI is InChI=1S/C25H23ClF3N9O2/c1-13-5-4-8-30-21(13)38-19(11-17(34-38)12-37-35-24(33-36-37)25(27,28)29)23(40)32-20-14(2)9-15(26)10-18(20)22(39)31-16-6-3-7-16/h4-5,8-11,16H,3,6-7,12H2,1-2H3,(H,31,39)(H,32,40). The zero-order valence-electron chi connectivity index (χ0n) is 21.3. The van der Waals surface area contributed by atoms with Gasteiger partial charge in [-0.25, -0.2) is 9.67 Å². The quantitative estimate of drug-likeness (QED) is 0.340. The maximum Gasteiger partial charge on any atom is 0.455 e. The Morgan fingerprint density at radius 1 is 1.10 bits per heavy atom. The second kappa shape index (κ2) is 10.7. The van der Waals surface area contributed by atoms with Crippen LogP contribution in [-0.2, 0) is 12.7 Å². The Balaban J connectivity index is 1.50. The summed E-state index contributed by atoms with van der Waals surface area (Å²) in [5.74, 6) is -2.05. The van der Waals surface area contributed by atoms with Gasteiger partial charge >= 0.3 is 6.18 Å². The first-order chi connectivity index (χ1) is 19.0. The molecule has 2 N–H and O–H groups in total. The lowest BCUT2D eigenvalue weighted by molar-refractivity contribution is -0.145. The summed E-state index contributed by atoms with van der Waals surface area (Å²) in [7, 11) is 0. The van der Waals surface area contributed by atoms with Gasteiger partial charge in [-0.3, -0.25) is 9.59 Å². The Kier molecular flexibility index (Phi) is 7.27. The van der Waals surface area contributed by atoms with Crippen molar-refractivity contribution in [1.29, 1.82) is 0 Å². The first-order valence-corrected chi connectivity index (χ1v) is 12.7. The van der Waals surface area contributed by atoms with Gasteiger partial charge < -0.3 is 10.6 Å². The van der Waals surface area contributed by atoms with Gasteiger partial charge in [0.25, 0.3) is 17.6 Å². The van der Waals surface area contributed by atoms with E-state index in [9.17, 15) is 22.8 Å². The van der Waals surface area contributed by atoms with Crippen LogP contribution in [0.1, 0.15) is 62.8 Å². The molecule has 3 heterocycles. The average Bonchev–Trinajstić information content (AvgIpc) is 3.51. The number of benzene rings is 1. The Bertz CT molecular complexity index is 1590. The van der Waals surface area contributed by atoms with Crippen LogP contribution in [0, 0.1) is 13.8 Å². The molecule has 1 aromatic carbocycles. The number of halogens is 4. The summed E-state index contributed by atoms with van der Waals surface area (Å²) in [6.07, 6.45) is -0.448. The van der Waals surface area contributed by atoms with E-state index >= 15 is 0 Å². The number of amides is 2. The molecule has 1 fully saturated rings. The van der Waals surface area contributed by atoms with Crippen molar-refractivity contribution in [2.24, 2.45) is 0 Å². The number of alkyl halides is 3. The smallest absolute Gasteiger partial charge is 0.349 e. The van der Waals surface area contributed by atoms with Crippen molar-refractivity contribution in [2.45, 2.75) is 51.9 Å². The number of tetrazole rings is 1. The van der Waals surface area contributed by atoms with Crippen molar-refractivity contribution >= 4 is 29.1 Å². The lowest BCUT2D eigenvalue weighted by atomic mass is 9.92. The number of carbonyl (C=O) groups excluding carboxylic acids is 2. The van der Waals surface area contributed by atoms with Crippen molar-refractivity contribution in [3.8, 4) is 5.82 Å². The molecule has 208 valence electrons. The fourth-order valence-electron chi connectivity index (χ4n) is 4.18. The normalized spacial score (nSPS) is 13.7. The van der Waals surface area contributed by atoms with Crippen molar-refractivity contribution in [1.82, 2.24) is 40.3 Å². The summed E-state index contributed by atoms with van der Waals surface area (Å²) >= 11 is 6.23. The number of aryl methyl sites for hydroxylation is 2. The van der Waals surface area contributed by atoms with Crippen LogP contribution in [0.25, 0.3) is 5.82 Å². The zero-order chi connectivity index (χ0) is 28.6. The Morgan fingerprint density at radius 2 is 1.88 bits per heavy atom. The van der Waals surface area contributed by atoms with Crippen molar-refractivity contribution in [3.05, 3.63) is 75.5 Å². The highest BCUT2D eigenvalue weighted by molar-refractivity contribution is 6.31. The third-order valence-corrected chi connectivity index (χ3v) is 6.63. The van der Waals surface area contributed by atoms with Gasteiger partial charge in [0, 0.05) is 17.3 Å². The number of pyridine rings is 1. The number of rotatable bonds is 7. The van der Waals surface area contributed by atoms with E-state index in [0.717, 1.165) is 24.1 Å². The van der Waals surface area contributed by atoms with E-state index in [0.29, 0.717) is 22.0 Å². The van der Waals surface area contributed by atoms with Gasteiger partial charge in [0.05, 0.1) is 16.9 Å². The molecule has 0 unspecified atom stereocenters. The largest absolute Gasteiger partial charge is 0.455 e. The lowest BCUT2D eigenvalue weighted by Gasteiger charge is -2.27. The maximum atomic E-state index is 13.7. The van der Waals surface area contributed by atoms with Gasteiger partial charge in [-0.15, -0.1) is 10.2 Å². The number of nitrogens with one attached hydrogen (secondary N) is 2. The Morgan fingerprint density at radius 3 is 2.52 bits per heavy atom. The molecule has 5 rings (SSSR count). The van der Waals surface area contributed by atoms with Gasteiger partial charge in [0.15, 0.2) is 5.82 Å². The fraction of sp³-hybridized carbons (Fsp3) is 0.320. The second-order valence-electron chi connectivity index (χ2n) is 9.42. The lowest BCUT2D eigenvalue weighted by Crippen LogP contribution is -2.39. The van der Waals surface area contributed by atoms with Crippen LogP contribution in [0.3, 0.4) is 0 Å². The number of nitrogens with zero attached hydrogens (tertiary/aromatic N) is 7. The van der Waals surface area contributed by atoms with Crippen molar-refractivity contribution in [2.75, 3.05) is 5.32 Å². The topological polar surface area (TPSA) is 133 Å². The molecule has 2 amide bonds. The number of carbonyl (C=O) groups is 2. The minimum absolute atomic E-state index is 0.0210. The Labute approximate surface area is 230 Å². The number of hydrogen-bond acceptors (Lipinski definition) is 7. The highest BCUT2D eigenvalue weighted by atomic mass is 35.5. The number of anilines is 1. The van der Waals surface area contributed by atoms with Crippen LogP contribution >= 0.6 is 11.6 Å². The molecule has 0 bridgehead atoms. The SMILES string of the molecule is Cc1cccnc1-n1nc(Cn2nnc(C(F)(F)F)n2)cc1C(=O)Nc1c(C)cc(Cl)cc1C(=O)NC1CCC1. The van der Waals surface area contributed by atoms with E-state index in [4.69, 9.17) is 11.6 Å². The zero-order valence-corrected chi connectivity index (χ0v) is 22.1. The number of aromatic nitrogens is 7. The first-order valence-electron chi connectivity index (χ1n) is 12.3. The molecule has 1 aliphatic carbocycles. The van der Waals surface area contributed by atoms with E-state index in [1.165, 1.54) is 23.0 Å². The van der Waals surface area contributed by atoms with Gasteiger partial charge in [0.1, 0.15) is 12.2 Å². The van der Waals surface area contributed by atoms with E-state index in [-0.39, 0.29) is 41.1 Å². The van der Waals surface area contributed by atoms with Gasteiger partial charge in [-0.1, -0.05) is 17.7 Å². The molecule has 0 aliphatic heterocycles. The molecule has 0 spiro atoms. The monoisotopic (exact) mass is 573 g/mol. The molecule has 1 aliphatic rings. The minimum Gasteiger partial charge on any atom is -0.349 e. The summed E-state index contributed by atoms with van der Waals surface area (Å²) in [6.45, 7) is 3.19. The third kappa shape index (κ3) is 5.66. The maximum absolute atomic E-state index is 13.7. The summed E-state index contributed by atoms with van der Waals surface area (Å²) in [5.41, 5.74) is 1.92. The van der Waals surface area contributed by atoms with Crippen molar-refractivity contribution < 1.29 is 22.8 Å². The highest BCUT2D eigenvalue weighted by Crippen LogP contribution is 2.28. The van der Waals surface area contributed by atoms with Gasteiger partial charge in [-0.2, -0.15) is 23.1 Å². The Hall–Kier alpha value is -4.33. The van der Waals surface area contributed by atoms with Crippen LogP contribution < -0.4 is 10.6 Å².